The first-order valence-corrected chi connectivity index (χ1v) is 24.4. The number of furan rings is 1. The van der Waals surface area contributed by atoms with Gasteiger partial charge in [0.1, 0.15) is 11.2 Å². The van der Waals surface area contributed by atoms with Crippen LogP contribution in [0, 0.1) is 0 Å². The maximum Gasteiger partial charge on any atom is 0.135 e. The molecule has 0 aliphatic carbocycles. The van der Waals surface area contributed by atoms with Crippen molar-refractivity contribution in [3.63, 3.8) is 0 Å². The van der Waals surface area contributed by atoms with Crippen LogP contribution in [0.3, 0.4) is 0 Å². The maximum atomic E-state index is 6.14. The zero-order chi connectivity index (χ0) is 45.4. The third-order valence-corrected chi connectivity index (χ3v) is 15.1. The lowest BCUT2D eigenvalue weighted by atomic mass is 9.94. The summed E-state index contributed by atoms with van der Waals surface area (Å²) in [6.45, 7) is 0. The molecule has 0 saturated carbocycles. The first kappa shape index (κ1) is 39.4. The molecule has 0 N–H and O–H groups in total. The molecular weight excluding hydrogens is 855 g/mol. The standard InChI is InChI=1S/C66H41NOS/c1-2-20-54(21-3-1)67-61-30-26-50(46-16-8-12-42(34-46)44-14-10-18-48(36-44)52-28-32-64-59(40-52)55-22-4-6-24-63(55)68-64)38-57(61)58-39-51(27-31-62(58)67)47-17-9-13-43(35-47)45-15-11-19-49(37-45)53-29-33-66-60(41-53)56-23-5-7-25-65(56)69-66/h1-41H. The zero-order valence-electron chi connectivity index (χ0n) is 37.4. The van der Waals surface area contributed by atoms with Crippen LogP contribution in [-0.4, -0.2) is 4.57 Å². The van der Waals surface area contributed by atoms with Crippen LogP contribution in [0.25, 0.3) is 136 Å². The molecule has 0 bridgehead atoms. The van der Waals surface area contributed by atoms with Crippen LogP contribution in [0.5, 0.6) is 0 Å². The fourth-order valence-corrected chi connectivity index (χ4v) is 11.6. The average molecular weight is 896 g/mol. The molecule has 3 heteroatoms. The van der Waals surface area contributed by atoms with Crippen LogP contribution in [-0.2, 0) is 0 Å². The molecule has 0 saturated heterocycles. The summed E-state index contributed by atoms with van der Waals surface area (Å²) in [5, 5.41) is 7.37. The fraction of sp³-hybridized carbons (Fsp3) is 0. The van der Waals surface area contributed by atoms with E-state index in [1.165, 1.54) is 109 Å². The van der Waals surface area contributed by atoms with Crippen LogP contribution in [0.15, 0.2) is 253 Å². The normalized spacial score (nSPS) is 11.8. The molecular formula is C66H41NOS. The molecule has 2 nitrogen and oxygen atoms in total. The van der Waals surface area contributed by atoms with E-state index in [-0.39, 0.29) is 0 Å². The molecule has 322 valence electrons. The molecule has 0 aliphatic heterocycles. The quantitative estimate of drug-likeness (QED) is 0.156. The summed E-state index contributed by atoms with van der Waals surface area (Å²) in [6.07, 6.45) is 0. The summed E-state index contributed by atoms with van der Waals surface area (Å²) in [5.74, 6) is 0. The second-order valence-electron chi connectivity index (χ2n) is 18.1. The molecule has 0 aliphatic rings. The Morgan fingerprint density at radius 3 is 1.19 bits per heavy atom. The first-order chi connectivity index (χ1) is 34.1. The number of hydrogen-bond donors (Lipinski definition) is 0. The number of aromatic nitrogens is 1. The van der Waals surface area contributed by atoms with E-state index in [9.17, 15) is 0 Å². The van der Waals surface area contributed by atoms with Gasteiger partial charge in [-0.05, 0) is 164 Å². The number of fused-ring (bicyclic) bond motifs is 9. The van der Waals surface area contributed by atoms with E-state index >= 15 is 0 Å². The topological polar surface area (TPSA) is 18.1 Å². The molecule has 14 rings (SSSR count). The molecule has 0 radical (unpaired) electrons. The van der Waals surface area contributed by atoms with Crippen molar-refractivity contribution in [2.45, 2.75) is 0 Å². The second-order valence-corrected chi connectivity index (χ2v) is 19.2. The lowest BCUT2D eigenvalue weighted by Gasteiger charge is -2.10. The predicted octanol–water partition coefficient (Wildman–Crippen LogP) is 19.1. The van der Waals surface area contributed by atoms with Crippen molar-refractivity contribution in [3.05, 3.63) is 249 Å². The largest absolute Gasteiger partial charge is 0.456 e. The first-order valence-electron chi connectivity index (χ1n) is 23.5. The number of rotatable bonds is 7. The highest BCUT2D eigenvalue weighted by Gasteiger charge is 2.17. The van der Waals surface area contributed by atoms with Gasteiger partial charge in [-0.3, -0.25) is 0 Å². The fourth-order valence-electron chi connectivity index (χ4n) is 10.6. The Morgan fingerprint density at radius 2 is 0.638 bits per heavy atom. The third-order valence-electron chi connectivity index (χ3n) is 14.0. The van der Waals surface area contributed by atoms with Crippen LogP contribution in [0.4, 0.5) is 0 Å². The van der Waals surface area contributed by atoms with E-state index < -0.39 is 0 Å². The maximum absolute atomic E-state index is 6.14. The summed E-state index contributed by atoms with van der Waals surface area (Å²) >= 11 is 1.86. The number of hydrogen-bond acceptors (Lipinski definition) is 2. The molecule has 0 amide bonds. The Morgan fingerprint density at radius 1 is 0.246 bits per heavy atom. The van der Waals surface area contributed by atoms with E-state index in [2.05, 4.69) is 241 Å². The van der Waals surface area contributed by atoms with Gasteiger partial charge in [0, 0.05) is 47.4 Å². The minimum Gasteiger partial charge on any atom is -0.456 e. The van der Waals surface area contributed by atoms with Gasteiger partial charge in [0.05, 0.1) is 11.0 Å². The second kappa shape index (κ2) is 16.0. The Balaban J connectivity index is 0.829. The van der Waals surface area contributed by atoms with Gasteiger partial charge in [0.2, 0.25) is 0 Å². The third kappa shape index (κ3) is 6.78. The molecule has 0 unspecified atom stereocenters. The minimum atomic E-state index is 0.910. The van der Waals surface area contributed by atoms with E-state index in [1.807, 2.05) is 23.5 Å². The Kier molecular flexibility index (Phi) is 9.11. The molecule has 3 heterocycles. The molecule has 14 aromatic rings. The monoisotopic (exact) mass is 895 g/mol. The summed E-state index contributed by atoms with van der Waals surface area (Å²) < 4.78 is 11.2. The zero-order valence-corrected chi connectivity index (χ0v) is 38.3. The van der Waals surface area contributed by atoms with Crippen molar-refractivity contribution in [1.29, 1.82) is 0 Å². The predicted molar refractivity (Wildman–Crippen MR) is 294 cm³/mol. The van der Waals surface area contributed by atoms with Crippen molar-refractivity contribution in [2.75, 3.05) is 0 Å². The van der Waals surface area contributed by atoms with Gasteiger partial charge in [-0.2, -0.15) is 0 Å². The molecule has 3 aromatic heterocycles. The molecule has 0 atom stereocenters. The van der Waals surface area contributed by atoms with Gasteiger partial charge < -0.3 is 8.98 Å². The summed E-state index contributed by atoms with van der Waals surface area (Å²) in [4.78, 5) is 0. The van der Waals surface area contributed by atoms with Crippen LogP contribution >= 0.6 is 11.3 Å². The van der Waals surface area contributed by atoms with Gasteiger partial charge in [0.15, 0.2) is 0 Å². The van der Waals surface area contributed by atoms with Crippen molar-refractivity contribution < 1.29 is 4.42 Å². The van der Waals surface area contributed by atoms with Crippen LogP contribution < -0.4 is 0 Å². The molecule has 69 heavy (non-hydrogen) atoms. The Hall–Kier alpha value is -8.76. The summed E-state index contributed by atoms with van der Waals surface area (Å²) in [6, 6.07) is 90.9. The number of thiophene rings is 1. The van der Waals surface area contributed by atoms with E-state index in [4.69, 9.17) is 4.42 Å². The molecule has 0 spiro atoms. The Bertz CT molecular complexity index is 4060. The van der Waals surface area contributed by atoms with Crippen LogP contribution in [0.1, 0.15) is 0 Å². The average Bonchev–Trinajstić information content (AvgIpc) is 4.10. The van der Waals surface area contributed by atoms with E-state index in [0.29, 0.717) is 0 Å². The van der Waals surface area contributed by atoms with Crippen molar-refractivity contribution >= 4 is 75.3 Å². The molecule has 11 aromatic carbocycles. The smallest absolute Gasteiger partial charge is 0.135 e. The van der Waals surface area contributed by atoms with Gasteiger partial charge in [-0.15, -0.1) is 11.3 Å². The van der Waals surface area contributed by atoms with E-state index in [0.717, 1.165) is 27.6 Å². The number of para-hydroxylation sites is 2. The lowest BCUT2D eigenvalue weighted by molar-refractivity contribution is 0.669. The van der Waals surface area contributed by atoms with Crippen molar-refractivity contribution in [2.24, 2.45) is 0 Å². The highest BCUT2D eigenvalue weighted by molar-refractivity contribution is 7.25. The van der Waals surface area contributed by atoms with Gasteiger partial charge in [0.25, 0.3) is 0 Å². The summed E-state index contributed by atoms with van der Waals surface area (Å²) in [7, 11) is 0. The van der Waals surface area contributed by atoms with Crippen LogP contribution in [0.2, 0.25) is 0 Å². The highest BCUT2D eigenvalue weighted by atomic mass is 32.1. The van der Waals surface area contributed by atoms with Crippen molar-refractivity contribution in [3.8, 4) is 72.4 Å². The number of nitrogens with zero attached hydrogens (tertiary/aromatic N) is 1. The highest BCUT2D eigenvalue weighted by Crippen LogP contribution is 2.41. The number of benzene rings is 11. The molecule has 0 fully saturated rings. The van der Waals surface area contributed by atoms with Gasteiger partial charge in [-0.1, -0.05) is 152 Å². The lowest BCUT2D eigenvalue weighted by Crippen LogP contribution is -1.93. The van der Waals surface area contributed by atoms with E-state index in [1.54, 1.807) is 0 Å². The Labute approximate surface area is 403 Å². The van der Waals surface area contributed by atoms with Crippen molar-refractivity contribution in [1.82, 2.24) is 4.57 Å². The SMILES string of the molecule is c1ccc(-n2c3ccc(-c4cccc(-c5cccc(-c6ccc7oc8ccccc8c7c6)c5)c4)cc3c3cc(-c4cccc(-c5cccc(-c6ccc7sc8ccccc8c7c6)c5)c4)ccc32)cc1. The van der Waals surface area contributed by atoms with Gasteiger partial charge in [-0.25, -0.2) is 0 Å². The van der Waals surface area contributed by atoms with Gasteiger partial charge >= 0.3 is 0 Å². The minimum absolute atomic E-state index is 0.910. The summed E-state index contributed by atoms with van der Waals surface area (Å²) in [5.41, 5.74) is 19.7.